The summed E-state index contributed by atoms with van der Waals surface area (Å²) in [4.78, 5) is 13.7. The summed E-state index contributed by atoms with van der Waals surface area (Å²) in [7, 11) is 0. The minimum atomic E-state index is -0.671. The Labute approximate surface area is 205 Å². The highest BCUT2D eigenvalue weighted by Gasteiger charge is 2.65. The number of benzene rings is 1. The number of hydrogen-bond donors (Lipinski definition) is 0. The molecule has 1 saturated carbocycles. The summed E-state index contributed by atoms with van der Waals surface area (Å²) in [6.07, 6.45) is 9.29. The van der Waals surface area contributed by atoms with Crippen molar-refractivity contribution in [2.75, 3.05) is 0 Å². The molecule has 0 aliphatic heterocycles. The summed E-state index contributed by atoms with van der Waals surface area (Å²) in [6, 6.07) is 7.46. The van der Waals surface area contributed by atoms with E-state index in [1.807, 2.05) is 6.07 Å². The van der Waals surface area contributed by atoms with E-state index in [4.69, 9.17) is 14.7 Å². The van der Waals surface area contributed by atoms with Crippen LogP contribution in [0.2, 0.25) is 0 Å². The molecule has 7 nitrogen and oxygen atoms in total. The van der Waals surface area contributed by atoms with Crippen molar-refractivity contribution in [1.29, 1.82) is 5.26 Å². The van der Waals surface area contributed by atoms with Gasteiger partial charge in [-0.05, 0) is 54.0 Å². The number of aromatic nitrogens is 5. The molecule has 1 fully saturated rings. The van der Waals surface area contributed by atoms with Gasteiger partial charge in [0.25, 0.3) is 0 Å². The molecule has 0 unspecified atom stereocenters. The smallest absolute Gasteiger partial charge is 0.247 e. The maximum Gasteiger partial charge on any atom is 0.247 e. The third kappa shape index (κ3) is 2.97. The van der Waals surface area contributed by atoms with Gasteiger partial charge in [-0.25, -0.2) is 18.7 Å². The van der Waals surface area contributed by atoms with Gasteiger partial charge in [0.2, 0.25) is 5.89 Å². The summed E-state index contributed by atoms with van der Waals surface area (Å²) in [6.45, 7) is 4.33. The van der Waals surface area contributed by atoms with Crippen LogP contribution in [-0.2, 0) is 5.41 Å². The molecule has 178 valence electrons. The molecule has 0 spiro atoms. The van der Waals surface area contributed by atoms with Gasteiger partial charge in [0.15, 0.2) is 0 Å². The van der Waals surface area contributed by atoms with E-state index in [0.717, 1.165) is 29.8 Å². The Morgan fingerprint density at radius 2 is 1.92 bits per heavy atom. The van der Waals surface area contributed by atoms with Crippen LogP contribution >= 0.6 is 0 Å². The topological polar surface area (TPSA) is 101 Å². The Hall–Kier alpha value is -4.32. The predicted molar refractivity (Wildman–Crippen MR) is 126 cm³/mol. The normalized spacial score (nSPS) is 21.6. The number of nitrogens with zero attached hydrogens (tertiary/aromatic N) is 6. The number of nitriles is 1. The van der Waals surface area contributed by atoms with E-state index < -0.39 is 17.0 Å². The van der Waals surface area contributed by atoms with Crippen molar-refractivity contribution in [1.82, 2.24) is 25.1 Å². The molecule has 2 aliphatic rings. The fraction of sp³-hybridized carbons (Fsp3) is 0.259. The van der Waals surface area contributed by atoms with Crippen molar-refractivity contribution in [3.63, 3.8) is 0 Å². The number of halogens is 2. The second kappa shape index (κ2) is 7.85. The molecule has 6 rings (SSSR count). The highest BCUT2D eigenvalue weighted by atomic mass is 19.1. The van der Waals surface area contributed by atoms with Crippen LogP contribution in [0.3, 0.4) is 0 Å². The van der Waals surface area contributed by atoms with Crippen LogP contribution < -0.4 is 0 Å². The van der Waals surface area contributed by atoms with Gasteiger partial charge in [-0.2, -0.15) is 10.4 Å². The summed E-state index contributed by atoms with van der Waals surface area (Å²) in [5, 5.41) is 17.6. The lowest BCUT2D eigenvalue weighted by molar-refractivity contribution is 0.242. The van der Waals surface area contributed by atoms with Crippen LogP contribution in [0.1, 0.15) is 55.3 Å². The molecule has 2 aliphatic carbocycles. The standard InChI is InChI=1S/C27H20F2N6O/c1-26(2)17-8-9-27(26,22-13-31-12-21(33-22)25-32-15(14-36-25)5-4-10-30)24-16(17)11-20(34-35-24)23-18(28)6-3-7-19(23)29/h3-7,11-14,17H,8-9H2,1-2H3/b5-4+/t17-,27-/m0/s1. The third-order valence-electron chi connectivity index (χ3n) is 7.74. The first kappa shape index (κ1) is 22.2. The highest BCUT2D eigenvalue weighted by Crippen LogP contribution is 2.69. The summed E-state index contributed by atoms with van der Waals surface area (Å²) in [5.41, 5.74) is 2.53. The average Bonchev–Trinajstić information content (AvgIpc) is 3.50. The van der Waals surface area contributed by atoms with E-state index in [2.05, 4.69) is 34.0 Å². The molecule has 3 heterocycles. The largest absolute Gasteiger partial charge is 0.443 e. The molecular weight excluding hydrogens is 462 g/mol. The lowest BCUT2D eigenvalue weighted by atomic mass is 9.66. The molecule has 2 atom stereocenters. The first-order valence-corrected chi connectivity index (χ1v) is 11.5. The van der Waals surface area contributed by atoms with Gasteiger partial charge in [0.1, 0.15) is 29.3 Å². The first-order chi connectivity index (χ1) is 17.4. The quantitative estimate of drug-likeness (QED) is 0.349. The lowest BCUT2D eigenvalue weighted by Gasteiger charge is -2.37. The van der Waals surface area contributed by atoms with Crippen LogP contribution in [0, 0.1) is 28.4 Å². The van der Waals surface area contributed by atoms with Gasteiger partial charge in [-0.1, -0.05) is 19.9 Å². The molecule has 1 aromatic carbocycles. The maximum absolute atomic E-state index is 14.5. The number of oxazole rings is 1. The molecule has 0 N–H and O–H groups in total. The second-order valence-electron chi connectivity index (χ2n) is 9.68. The van der Waals surface area contributed by atoms with Gasteiger partial charge in [0, 0.05) is 12.3 Å². The Morgan fingerprint density at radius 3 is 2.69 bits per heavy atom. The van der Waals surface area contributed by atoms with E-state index in [-0.39, 0.29) is 22.6 Å². The highest BCUT2D eigenvalue weighted by molar-refractivity contribution is 5.64. The zero-order chi connectivity index (χ0) is 25.1. The Balaban J connectivity index is 1.47. The molecule has 2 bridgehead atoms. The van der Waals surface area contributed by atoms with Crippen LogP contribution in [0.15, 0.2) is 53.4 Å². The van der Waals surface area contributed by atoms with E-state index in [9.17, 15) is 8.78 Å². The Morgan fingerprint density at radius 1 is 1.11 bits per heavy atom. The van der Waals surface area contributed by atoms with E-state index in [1.54, 1.807) is 24.5 Å². The summed E-state index contributed by atoms with van der Waals surface area (Å²) < 4.78 is 34.5. The van der Waals surface area contributed by atoms with Crippen molar-refractivity contribution in [3.8, 4) is 28.9 Å². The van der Waals surface area contributed by atoms with Gasteiger partial charge < -0.3 is 4.42 Å². The third-order valence-corrected chi connectivity index (χ3v) is 7.74. The SMILES string of the molecule is CC1(C)[C@H]2CC[C@]1(c1cncc(-c3nc(/C=C/C#N)co3)n1)c1nnc(-c3c(F)cccc3F)cc12. The second-order valence-corrected chi connectivity index (χ2v) is 9.68. The number of hydrogen-bond acceptors (Lipinski definition) is 7. The lowest BCUT2D eigenvalue weighted by Crippen LogP contribution is -2.38. The zero-order valence-corrected chi connectivity index (χ0v) is 19.5. The van der Waals surface area contributed by atoms with Crippen molar-refractivity contribution in [2.45, 2.75) is 38.0 Å². The Bertz CT molecular complexity index is 1570. The molecule has 0 amide bonds. The monoisotopic (exact) mass is 482 g/mol. The van der Waals surface area contributed by atoms with Crippen molar-refractivity contribution < 1.29 is 13.2 Å². The molecule has 9 heteroatoms. The molecule has 0 radical (unpaired) electrons. The predicted octanol–water partition coefficient (Wildman–Crippen LogP) is 5.61. The van der Waals surface area contributed by atoms with Gasteiger partial charge in [-0.15, -0.1) is 5.10 Å². The number of allylic oxidation sites excluding steroid dienone is 1. The van der Waals surface area contributed by atoms with Crippen molar-refractivity contribution in [3.05, 3.63) is 83.3 Å². The molecular formula is C27H20F2N6O. The molecule has 0 saturated heterocycles. The first-order valence-electron chi connectivity index (χ1n) is 11.5. The number of rotatable bonds is 4. The van der Waals surface area contributed by atoms with Gasteiger partial charge in [-0.3, -0.25) is 4.98 Å². The summed E-state index contributed by atoms with van der Waals surface area (Å²) >= 11 is 0. The van der Waals surface area contributed by atoms with Crippen molar-refractivity contribution >= 4 is 6.08 Å². The van der Waals surface area contributed by atoms with Crippen molar-refractivity contribution in [2.24, 2.45) is 5.41 Å². The van der Waals surface area contributed by atoms with E-state index in [1.165, 1.54) is 30.5 Å². The molecule has 4 aromatic rings. The number of fused-ring (bicyclic) bond motifs is 5. The fourth-order valence-electron chi connectivity index (χ4n) is 6.03. The van der Waals surface area contributed by atoms with E-state index in [0.29, 0.717) is 17.3 Å². The fourth-order valence-corrected chi connectivity index (χ4v) is 6.03. The average molecular weight is 482 g/mol. The Kier molecular flexibility index (Phi) is 4.83. The maximum atomic E-state index is 14.5. The minimum Gasteiger partial charge on any atom is -0.443 e. The van der Waals surface area contributed by atoms with Gasteiger partial charge >= 0.3 is 0 Å². The van der Waals surface area contributed by atoms with Crippen LogP contribution in [0.25, 0.3) is 28.9 Å². The van der Waals surface area contributed by atoms with E-state index >= 15 is 0 Å². The molecule has 3 aromatic heterocycles. The van der Waals surface area contributed by atoms with Crippen LogP contribution in [-0.4, -0.2) is 25.1 Å². The summed E-state index contributed by atoms with van der Waals surface area (Å²) in [5.74, 6) is -0.934. The van der Waals surface area contributed by atoms with Gasteiger partial charge in [0.05, 0.1) is 40.3 Å². The van der Waals surface area contributed by atoms with Crippen LogP contribution in [0.5, 0.6) is 0 Å². The minimum absolute atomic E-state index is 0.117. The molecule has 36 heavy (non-hydrogen) atoms. The van der Waals surface area contributed by atoms with Crippen LogP contribution in [0.4, 0.5) is 8.78 Å². The zero-order valence-electron chi connectivity index (χ0n) is 19.5.